The minimum Gasteiger partial charge on any atom is -2.00 e. The van der Waals surface area contributed by atoms with Crippen molar-refractivity contribution in [3.63, 3.8) is 0 Å². The summed E-state index contributed by atoms with van der Waals surface area (Å²) in [6.07, 6.45) is 0. The Balaban J connectivity index is 0. The molecule has 0 bridgehead atoms. The molecule has 0 saturated carbocycles. The molecule has 0 atom stereocenters. The Kier molecular flexibility index (Phi) is 679. The van der Waals surface area contributed by atoms with Crippen molar-refractivity contribution in [2.75, 3.05) is 0 Å². The van der Waals surface area contributed by atoms with Crippen molar-refractivity contribution < 1.29 is 16.4 Å². The van der Waals surface area contributed by atoms with E-state index < -0.39 is 0 Å². The van der Waals surface area contributed by atoms with Crippen molar-refractivity contribution >= 4 is 78.2 Å². The molecule has 6 heteroatoms. The van der Waals surface area contributed by atoms with E-state index in [0.717, 1.165) is 0 Å². The SMILES string of the molecule is [Al+3].[Ca+2].[Mg+2].[O-2].[O-2].[O-2]. The van der Waals surface area contributed by atoms with Crippen molar-refractivity contribution in [1.82, 2.24) is 0 Å². The molecular weight excluding hydrogens is 139 g/mol. The number of hydrogen-bond donors (Lipinski definition) is 0. The molecule has 24 valence electrons. The molecule has 0 aromatic rings. The predicted molar refractivity (Wildman–Crippen MR) is 19.3 cm³/mol. The fraction of sp³-hybridized carbons (Fsp3) is 0. The van der Waals surface area contributed by atoms with Crippen LogP contribution in [0.15, 0.2) is 0 Å². The van der Waals surface area contributed by atoms with E-state index in [0.29, 0.717) is 0 Å². The Morgan fingerprint density at radius 3 is 0.667 bits per heavy atom. The van der Waals surface area contributed by atoms with Gasteiger partial charge >= 0.3 is 78.2 Å². The molecule has 3 nitrogen and oxygen atoms in total. The van der Waals surface area contributed by atoms with E-state index >= 15 is 0 Å². The average Bonchev–Trinajstić information content (AvgIpc) is 0. The van der Waals surface area contributed by atoms with Gasteiger partial charge < -0.3 is 16.4 Å². The van der Waals surface area contributed by atoms with Crippen LogP contribution < -0.4 is 0 Å². The summed E-state index contributed by atoms with van der Waals surface area (Å²) in [6, 6.07) is 0. The van der Waals surface area contributed by atoms with Gasteiger partial charge in [-0.15, -0.1) is 0 Å². The van der Waals surface area contributed by atoms with Gasteiger partial charge in [-0.05, 0) is 0 Å². The minimum atomic E-state index is 0. The minimum absolute atomic E-state index is 0. The number of rotatable bonds is 0. The second-order valence-electron chi connectivity index (χ2n) is 0. The zero-order chi connectivity index (χ0) is 0. The van der Waals surface area contributed by atoms with Crippen LogP contribution in [-0.4, -0.2) is 78.2 Å². The Hall–Kier alpha value is 2.44. The molecule has 0 aromatic carbocycles. The van der Waals surface area contributed by atoms with Gasteiger partial charge in [0.05, 0.1) is 0 Å². The smallest absolute Gasteiger partial charge is 2.00 e. The summed E-state index contributed by atoms with van der Waals surface area (Å²) in [5.74, 6) is 0. The van der Waals surface area contributed by atoms with Crippen LogP contribution >= 0.6 is 0 Å². The van der Waals surface area contributed by atoms with Crippen molar-refractivity contribution in [1.29, 1.82) is 0 Å². The molecule has 0 amide bonds. The molecular formula is AlCaMgO3+. The molecule has 0 aliphatic rings. The maximum atomic E-state index is 0. The van der Waals surface area contributed by atoms with E-state index in [2.05, 4.69) is 0 Å². The normalized spacial score (nSPS) is 0. The zero-order valence-corrected chi connectivity index (χ0v) is 7.99. The van der Waals surface area contributed by atoms with E-state index in [4.69, 9.17) is 0 Å². The van der Waals surface area contributed by atoms with Gasteiger partial charge in [0, 0.05) is 0 Å². The third-order valence-corrected chi connectivity index (χ3v) is 0. The topological polar surface area (TPSA) is 85.5 Å². The van der Waals surface area contributed by atoms with Crippen LogP contribution in [0.1, 0.15) is 0 Å². The first-order valence-corrected chi connectivity index (χ1v) is 0. The summed E-state index contributed by atoms with van der Waals surface area (Å²) in [5.41, 5.74) is 0. The summed E-state index contributed by atoms with van der Waals surface area (Å²) in [5, 5.41) is 0. The van der Waals surface area contributed by atoms with Crippen LogP contribution in [0.4, 0.5) is 0 Å². The van der Waals surface area contributed by atoms with E-state index in [9.17, 15) is 0 Å². The standard InChI is InChI=1S/Al.Ca.Mg.3O/q+3;2*+2;3*-2. The van der Waals surface area contributed by atoms with Crippen LogP contribution in [0.5, 0.6) is 0 Å². The summed E-state index contributed by atoms with van der Waals surface area (Å²) < 4.78 is 0. The zero-order valence-electron chi connectivity index (χ0n) is 3.22. The van der Waals surface area contributed by atoms with Crippen LogP contribution in [-0.2, 0) is 16.4 Å². The van der Waals surface area contributed by atoms with E-state index in [-0.39, 0.29) is 94.6 Å². The molecule has 0 radical (unpaired) electrons. The van der Waals surface area contributed by atoms with Gasteiger partial charge in [0.15, 0.2) is 0 Å². The molecule has 0 spiro atoms. The van der Waals surface area contributed by atoms with Crippen molar-refractivity contribution in [2.45, 2.75) is 0 Å². The Bertz CT molecular complexity index is 10.8. The molecule has 0 aliphatic carbocycles. The maximum absolute atomic E-state index is 0. The quantitative estimate of drug-likeness (QED) is 0.366. The van der Waals surface area contributed by atoms with Crippen molar-refractivity contribution in [2.24, 2.45) is 0 Å². The van der Waals surface area contributed by atoms with Gasteiger partial charge in [-0.1, -0.05) is 0 Å². The first-order chi connectivity index (χ1) is 0. The fourth-order valence-electron chi connectivity index (χ4n) is 0. The summed E-state index contributed by atoms with van der Waals surface area (Å²) >= 11 is 0. The van der Waals surface area contributed by atoms with Crippen molar-refractivity contribution in [3.8, 4) is 0 Å². The van der Waals surface area contributed by atoms with Gasteiger partial charge in [-0.25, -0.2) is 0 Å². The summed E-state index contributed by atoms with van der Waals surface area (Å²) in [6.45, 7) is 0. The molecule has 0 rings (SSSR count). The van der Waals surface area contributed by atoms with Crippen LogP contribution in [0.25, 0.3) is 0 Å². The van der Waals surface area contributed by atoms with Crippen LogP contribution in [0, 0.1) is 0 Å². The Labute approximate surface area is 93.1 Å². The fourth-order valence-corrected chi connectivity index (χ4v) is 0. The van der Waals surface area contributed by atoms with Gasteiger partial charge in [0.1, 0.15) is 0 Å². The molecule has 6 heavy (non-hydrogen) atoms. The first-order valence-electron chi connectivity index (χ1n) is 0. The van der Waals surface area contributed by atoms with Crippen LogP contribution in [0.3, 0.4) is 0 Å². The maximum Gasteiger partial charge on any atom is 3.00 e. The monoisotopic (exact) mass is 139 g/mol. The second kappa shape index (κ2) is 51.9. The van der Waals surface area contributed by atoms with Gasteiger partial charge in [-0.2, -0.15) is 0 Å². The molecule has 0 aliphatic heterocycles. The average molecular weight is 139 g/mol. The molecule has 0 fully saturated rings. The third-order valence-electron chi connectivity index (χ3n) is 0. The first kappa shape index (κ1) is 78.5. The molecule has 0 unspecified atom stereocenters. The van der Waals surface area contributed by atoms with Gasteiger partial charge in [-0.3, -0.25) is 0 Å². The third kappa shape index (κ3) is 32.0. The Morgan fingerprint density at radius 1 is 0.667 bits per heavy atom. The summed E-state index contributed by atoms with van der Waals surface area (Å²) in [4.78, 5) is 0. The Morgan fingerprint density at radius 2 is 0.667 bits per heavy atom. The summed E-state index contributed by atoms with van der Waals surface area (Å²) in [7, 11) is 0. The van der Waals surface area contributed by atoms with Crippen LogP contribution in [0.2, 0.25) is 0 Å². The second-order valence-corrected chi connectivity index (χ2v) is 0. The molecule has 0 heterocycles. The van der Waals surface area contributed by atoms with E-state index in [1.165, 1.54) is 0 Å². The largest absolute Gasteiger partial charge is 3.00 e. The predicted octanol–water partition coefficient (Wildman–Crippen LogP) is -1.50. The number of hydrogen-bond acceptors (Lipinski definition) is 0. The van der Waals surface area contributed by atoms with Crippen molar-refractivity contribution in [3.05, 3.63) is 0 Å². The molecule has 0 saturated heterocycles. The molecule has 0 N–H and O–H groups in total. The van der Waals surface area contributed by atoms with Gasteiger partial charge in [0.2, 0.25) is 0 Å². The van der Waals surface area contributed by atoms with E-state index in [1.54, 1.807) is 0 Å². The molecule has 0 aromatic heterocycles. The van der Waals surface area contributed by atoms with Gasteiger partial charge in [0.25, 0.3) is 0 Å². The van der Waals surface area contributed by atoms with E-state index in [1.807, 2.05) is 0 Å².